The highest BCUT2D eigenvalue weighted by Crippen LogP contribution is 2.16. The van der Waals surface area contributed by atoms with Crippen molar-refractivity contribution in [2.45, 2.75) is 6.04 Å². The fourth-order valence-electron chi connectivity index (χ4n) is 1.64. The van der Waals surface area contributed by atoms with Crippen LogP contribution in [-0.4, -0.2) is 70.6 Å². The highest BCUT2D eigenvalue weighted by atomic mass is 32.2. The third-order valence-electron chi connectivity index (χ3n) is 2.36. The topological polar surface area (TPSA) is 84.0 Å². The van der Waals surface area contributed by atoms with Crippen molar-refractivity contribution in [3.63, 3.8) is 0 Å². The summed E-state index contributed by atoms with van der Waals surface area (Å²) in [7, 11) is -4.43. The van der Waals surface area contributed by atoms with Gasteiger partial charge in [0, 0.05) is 19.6 Å². The molecule has 0 aromatic carbocycles. The monoisotopic (exact) mass is 304 g/mol. The molecule has 0 spiro atoms. The Hall–Kier alpha value is 0.210. The van der Waals surface area contributed by atoms with Crippen molar-refractivity contribution in [2.75, 3.05) is 38.8 Å². The van der Waals surface area contributed by atoms with Gasteiger partial charge in [-0.2, -0.15) is 12.7 Å². The van der Waals surface area contributed by atoms with Gasteiger partial charge in [0.05, 0.1) is 25.2 Å². The van der Waals surface area contributed by atoms with Crippen molar-refractivity contribution in [1.29, 1.82) is 0 Å². The van der Waals surface area contributed by atoms with Crippen LogP contribution in [0.2, 0.25) is 0 Å². The Kier molecular flexibility index (Phi) is 4.90. The zero-order valence-corrected chi connectivity index (χ0v) is 12.5. The molecule has 1 aliphatic heterocycles. The molecule has 0 aliphatic carbocycles. The Labute approximate surface area is 105 Å². The summed E-state index contributed by atoms with van der Waals surface area (Å²) in [4.78, 5) is 0. The second-order valence-electron chi connectivity index (χ2n) is 4.01. The molecule has 102 valence electrons. The predicted molar refractivity (Wildman–Crippen MR) is 67.4 cm³/mol. The zero-order chi connectivity index (χ0) is 13.3. The SMILES string of the molecule is CS(=O)(=O)OCC1CN(P)CCN1S(C)(=O)=O. The molecule has 1 fully saturated rings. The molecule has 2 unspecified atom stereocenters. The first-order valence-electron chi connectivity index (χ1n) is 4.90. The second kappa shape index (κ2) is 5.46. The van der Waals surface area contributed by atoms with Crippen LogP contribution in [0.15, 0.2) is 0 Å². The molecule has 0 radical (unpaired) electrons. The van der Waals surface area contributed by atoms with Gasteiger partial charge in [0.2, 0.25) is 10.0 Å². The Morgan fingerprint density at radius 3 is 2.29 bits per heavy atom. The lowest BCUT2D eigenvalue weighted by molar-refractivity contribution is 0.151. The first-order chi connectivity index (χ1) is 7.59. The van der Waals surface area contributed by atoms with Crippen LogP contribution in [0.25, 0.3) is 0 Å². The van der Waals surface area contributed by atoms with Crippen LogP contribution >= 0.6 is 9.39 Å². The minimum absolute atomic E-state index is 0.156. The fraction of sp³-hybridized carbons (Fsp3) is 1.00. The van der Waals surface area contributed by atoms with Gasteiger partial charge in [0.1, 0.15) is 0 Å². The van der Waals surface area contributed by atoms with Crippen LogP contribution < -0.4 is 0 Å². The maximum atomic E-state index is 11.5. The third kappa shape index (κ3) is 5.15. The van der Waals surface area contributed by atoms with Gasteiger partial charge in [-0.3, -0.25) is 8.85 Å². The van der Waals surface area contributed by atoms with Gasteiger partial charge < -0.3 is 0 Å². The molecule has 0 aromatic rings. The van der Waals surface area contributed by atoms with E-state index in [1.165, 1.54) is 4.31 Å². The van der Waals surface area contributed by atoms with Crippen molar-refractivity contribution in [2.24, 2.45) is 0 Å². The van der Waals surface area contributed by atoms with Crippen LogP contribution in [-0.2, 0) is 24.3 Å². The van der Waals surface area contributed by atoms with E-state index in [-0.39, 0.29) is 6.61 Å². The highest BCUT2D eigenvalue weighted by molar-refractivity contribution is 7.88. The number of hydrogen-bond acceptors (Lipinski definition) is 6. The van der Waals surface area contributed by atoms with Crippen molar-refractivity contribution >= 4 is 29.5 Å². The van der Waals surface area contributed by atoms with Crippen LogP contribution in [0.4, 0.5) is 0 Å². The number of piperazine rings is 1. The van der Waals surface area contributed by atoms with E-state index in [1.54, 1.807) is 0 Å². The van der Waals surface area contributed by atoms with Gasteiger partial charge in [-0.25, -0.2) is 8.42 Å². The van der Waals surface area contributed by atoms with Gasteiger partial charge in [0.15, 0.2) is 0 Å². The van der Waals surface area contributed by atoms with Gasteiger partial charge in [0.25, 0.3) is 10.1 Å². The van der Waals surface area contributed by atoms with E-state index in [9.17, 15) is 16.8 Å². The van der Waals surface area contributed by atoms with Crippen LogP contribution in [0.5, 0.6) is 0 Å². The number of rotatable bonds is 4. The smallest absolute Gasteiger partial charge is 0.264 e. The first-order valence-corrected chi connectivity index (χ1v) is 9.08. The summed E-state index contributed by atoms with van der Waals surface area (Å²) >= 11 is 0. The lowest BCUT2D eigenvalue weighted by Gasteiger charge is -2.37. The van der Waals surface area contributed by atoms with Crippen LogP contribution in [0.1, 0.15) is 0 Å². The summed E-state index contributed by atoms with van der Waals surface area (Å²) in [6.07, 6.45) is 2.05. The molecule has 1 aliphatic rings. The van der Waals surface area contributed by atoms with E-state index < -0.39 is 26.2 Å². The van der Waals surface area contributed by atoms with Gasteiger partial charge >= 0.3 is 0 Å². The standard InChI is InChI=1S/C7H17N2O5PS2/c1-16(10,11)9-4-3-8(15)5-7(9)6-14-17(2,12)13/h7H,3-6,15H2,1-2H3. The quantitative estimate of drug-likeness (QED) is 0.474. The van der Waals surface area contributed by atoms with Crippen molar-refractivity contribution in [3.05, 3.63) is 0 Å². The van der Waals surface area contributed by atoms with Crippen LogP contribution in [0, 0.1) is 0 Å². The molecule has 0 saturated carbocycles. The molecule has 1 heterocycles. The predicted octanol–water partition coefficient (Wildman–Crippen LogP) is -1.30. The lowest BCUT2D eigenvalue weighted by atomic mass is 10.2. The van der Waals surface area contributed by atoms with Crippen molar-refractivity contribution in [3.8, 4) is 0 Å². The summed E-state index contributed by atoms with van der Waals surface area (Å²) in [6, 6.07) is -0.481. The molecule has 10 heteroatoms. The van der Waals surface area contributed by atoms with Gasteiger partial charge in [-0.05, 0) is 0 Å². The molecular weight excluding hydrogens is 287 g/mol. The normalized spacial score (nSPS) is 25.0. The van der Waals surface area contributed by atoms with E-state index in [4.69, 9.17) is 0 Å². The Balaban J connectivity index is 2.76. The van der Waals surface area contributed by atoms with E-state index in [0.29, 0.717) is 19.6 Å². The molecule has 0 N–H and O–H groups in total. The van der Waals surface area contributed by atoms with E-state index in [2.05, 4.69) is 13.6 Å². The molecule has 0 bridgehead atoms. The molecule has 0 amide bonds. The average molecular weight is 304 g/mol. The molecule has 1 saturated heterocycles. The molecular formula is C7H17N2O5PS2. The summed E-state index contributed by atoms with van der Waals surface area (Å²) in [5.41, 5.74) is 0. The van der Waals surface area contributed by atoms with Gasteiger partial charge in [-0.15, -0.1) is 0 Å². The number of nitrogens with zero attached hydrogens (tertiary/aromatic N) is 2. The maximum Gasteiger partial charge on any atom is 0.264 e. The average Bonchev–Trinajstić information content (AvgIpc) is 2.11. The Bertz CT molecular complexity index is 463. The minimum atomic E-state index is -3.56. The molecule has 7 nitrogen and oxygen atoms in total. The summed E-state index contributed by atoms with van der Waals surface area (Å²) < 4.78 is 52.7. The lowest BCUT2D eigenvalue weighted by Crippen LogP contribution is -2.54. The fourth-order valence-corrected chi connectivity index (χ4v) is 3.48. The summed E-state index contributed by atoms with van der Waals surface area (Å²) in [5.74, 6) is 0. The molecule has 1 rings (SSSR count). The molecule has 17 heavy (non-hydrogen) atoms. The Morgan fingerprint density at radius 1 is 1.24 bits per heavy atom. The highest BCUT2D eigenvalue weighted by Gasteiger charge is 2.32. The Morgan fingerprint density at radius 2 is 1.82 bits per heavy atom. The minimum Gasteiger partial charge on any atom is -0.284 e. The summed E-state index contributed by atoms with van der Waals surface area (Å²) in [6.45, 7) is 1.19. The van der Waals surface area contributed by atoms with Crippen molar-refractivity contribution < 1.29 is 21.0 Å². The van der Waals surface area contributed by atoms with Gasteiger partial charge in [-0.1, -0.05) is 9.39 Å². The largest absolute Gasteiger partial charge is 0.284 e. The summed E-state index contributed by atoms with van der Waals surface area (Å²) in [5, 5.41) is 0. The number of sulfonamides is 1. The van der Waals surface area contributed by atoms with Crippen LogP contribution in [0.3, 0.4) is 0 Å². The maximum absolute atomic E-state index is 11.5. The first kappa shape index (κ1) is 15.3. The van der Waals surface area contributed by atoms with E-state index >= 15 is 0 Å². The van der Waals surface area contributed by atoms with E-state index in [0.717, 1.165) is 12.5 Å². The van der Waals surface area contributed by atoms with E-state index in [1.807, 2.05) is 4.67 Å². The third-order valence-corrected chi connectivity index (χ3v) is 4.73. The number of hydrogen-bond donors (Lipinski definition) is 0. The molecule has 0 aromatic heterocycles. The molecule has 2 atom stereocenters. The zero-order valence-electron chi connectivity index (χ0n) is 9.74. The van der Waals surface area contributed by atoms with Crippen molar-refractivity contribution in [1.82, 2.24) is 8.98 Å². The second-order valence-corrected chi connectivity index (χ2v) is 8.32.